The molecule has 128 valence electrons. The van der Waals surface area contributed by atoms with Crippen molar-refractivity contribution in [1.82, 2.24) is 14.5 Å². The van der Waals surface area contributed by atoms with Gasteiger partial charge in [0.15, 0.2) is 0 Å². The third-order valence-electron chi connectivity index (χ3n) is 3.80. The summed E-state index contributed by atoms with van der Waals surface area (Å²) in [6.07, 6.45) is 0. The summed E-state index contributed by atoms with van der Waals surface area (Å²) >= 11 is 0. The summed E-state index contributed by atoms with van der Waals surface area (Å²) in [7, 11) is -3.35. The molecular weight excluding hydrogens is 314 g/mol. The zero-order valence-electron chi connectivity index (χ0n) is 13.9. The molecule has 1 aliphatic heterocycles. The van der Waals surface area contributed by atoms with Gasteiger partial charge in [0, 0.05) is 32.2 Å². The highest BCUT2D eigenvalue weighted by atomic mass is 32.2. The Hall–Kier alpha value is -1.60. The summed E-state index contributed by atoms with van der Waals surface area (Å²) in [5.74, 6) is 0.00543. The number of sulfonamides is 1. The zero-order valence-corrected chi connectivity index (χ0v) is 14.8. The van der Waals surface area contributed by atoms with Gasteiger partial charge in [0.2, 0.25) is 10.0 Å². The van der Waals surface area contributed by atoms with E-state index in [-0.39, 0.29) is 17.8 Å². The molecular formula is C16H25N3O3S. The van der Waals surface area contributed by atoms with Crippen LogP contribution in [0.5, 0.6) is 0 Å². The first-order valence-electron chi connectivity index (χ1n) is 7.87. The smallest absolute Gasteiger partial charge is 0.317 e. The number of urea groups is 1. The van der Waals surface area contributed by atoms with E-state index in [0.717, 1.165) is 11.1 Å². The maximum atomic E-state index is 12.5. The van der Waals surface area contributed by atoms with Gasteiger partial charge in [-0.25, -0.2) is 13.2 Å². The van der Waals surface area contributed by atoms with Crippen molar-refractivity contribution in [2.45, 2.75) is 32.6 Å². The molecule has 1 fully saturated rings. The van der Waals surface area contributed by atoms with Gasteiger partial charge in [-0.2, -0.15) is 4.31 Å². The fraction of sp³-hybridized carbons (Fsp3) is 0.562. The number of hydrogen-bond acceptors (Lipinski definition) is 3. The standard InChI is InChI=1S/C16H25N3O3S/c1-13(2)17-16(20)18-8-10-19(11-9-18)23(21,22)12-15-6-4-14(3)5-7-15/h4-7,13H,8-12H2,1-3H3,(H,17,20). The molecule has 0 unspecified atom stereocenters. The number of nitrogens with one attached hydrogen (secondary N) is 1. The topological polar surface area (TPSA) is 69.7 Å². The molecule has 0 aromatic heterocycles. The first-order chi connectivity index (χ1) is 10.8. The lowest BCUT2D eigenvalue weighted by Crippen LogP contribution is -2.54. The van der Waals surface area contributed by atoms with Crippen LogP contribution in [0.1, 0.15) is 25.0 Å². The molecule has 1 saturated heterocycles. The molecule has 1 aromatic rings. The summed E-state index contributed by atoms with van der Waals surface area (Å²) < 4.78 is 26.5. The molecule has 0 saturated carbocycles. The number of hydrogen-bond donors (Lipinski definition) is 1. The van der Waals surface area contributed by atoms with Crippen LogP contribution in [-0.4, -0.2) is 55.9 Å². The van der Waals surface area contributed by atoms with E-state index in [9.17, 15) is 13.2 Å². The van der Waals surface area contributed by atoms with E-state index < -0.39 is 10.0 Å². The van der Waals surface area contributed by atoms with Crippen LogP contribution in [-0.2, 0) is 15.8 Å². The lowest BCUT2D eigenvalue weighted by atomic mass is 10.2. The predicted octanol–water partition coefficient (Wildman–Crippen LogP) is 1.56. The van der Waals surface area contributed by atoms with E-state index in [0.29, 0.717) is 26.2 Å². The molecule has 0 atom stereocenters. The van der Waals surface area contributed by atoms with Gasteiger partial charge in [0.05, 0.1) is 5.75 Å². The third-order valence-corrected chi connectivity index (χ3v) is 5.65. The van der Waals surface area contributed by atoms with E-state index in [4.69, 9.17) is 0 Å². The Labute approximate surface area is 138 Å². The second-order valence-corrected chi connectivity index (χ2v) is 8.20. The van der Waals surface area contributed by atoms with Crippen LogP contribution in [0.4, 0.5) is 4.79 Å². The van der Waals surface area contributed by atoms with Gasteiger partial charge >= 0.3 is 6.03 Å². The van der Waals surface area contributed by atoms with Crippen LogP contribution >= 0.6 is 0 Å². The predicted molar refractivity (Wildman–Crippen MR) is 90.6 cm³/mol. The molecule has 2 amide bonds. The van der Waals surface area contributed by atoms with Crippen molar-refractivity contribution in [2.24, 2.45) is 0 Å². The lowest BCUT2D eigenvalue weighted by Gasteiger charge is -2.34. The highest BCUT2D eigenvalue weighted by Crippen LogP contribution is 2.14. The summed E-state index contributed by atoms with van der Waals surface area (Å²) in [6, 6.07) is 7.47. The van der Waals surface area contributed by atoms with Crippen molar-refractivity contribution in [1.29, 1.82) is 0 Å². The fourth-order valence-corrected chi connectivity index (χ4v) is 4.01. The van der Waals surface area contributed by atoms with Gasteiger partial charge < -0.3 is 10.2 Å². The van der Waals surface area contributed by atoms with Crippen LogP contribution in [0.15, 0.2) is 24.3 Å². The third kappa shape index (κ3) is 4.94. The number of rotatable bonds is 4. The Morgan fingerprint density at radius 1 is 1.13 bits per heavy atom. The summed E-state index contributed by atoms with van der Waals surface area (Å²) in [4.78, 5) is 13.6. The molecule has 0 radical (unpaired) electrons. The van der Waals surface area contributed by atoms with Crippen LogP contribution in [0.25, 0.3) is 0 Å². The minimum Gasteiger partial charge on any atom is -0.336 e. The molecule has 0 aliphatic carbocycles. The van der Waals surface area contributed by atoms with Gasteiger partial charge in [-0.1, -0.05) is 29.8 Å². The van der Waals surface area contributed by atoms with Crippen molar-refractivity contribution < 1.29 is 13.2 Å². The Bertz CT molecular complexity index is 633. The van der Waals surface area contributed by atoms with E-state index in [2.05, 4.69) is 5.32 Å². The SMILES string of the molecule is Cc1ccc(CS(=O)(=O)N2CCN(C(=O)NC(C)C)CC2)cc1. The molecule has 1 aromatic carbocycles. The van der Waals surface area contributed by atoms with Gasteiger partial charge in [0.1, 0.15) is 0 Å². The van der Waals surface area contributed by atoms with Crippen molar-refractivity contribution in [3.63, 3.8) is 0 Å². The van der Waals surface area contributed by atoms with E-state index in [1.165, 1.54) is 4.31 Å². The van der Waals surface area contributed by atoms with Crippen molar-refractivity contribution in [3.8, 4) is 0 Å². The maximum absolute atomic E-state index is 12.5. The lowest BCUT2D eigenvalue weighted by molar-refractivity contribution is 0.170. The van der Waals surface area contributed by atoms with Crippen molar-refractivity contribution >= 4 is 16.1 Å². The number of piperazine rings is 1. The van der Waals surface area contributed by atoms with Crippen molar-refractivity contribution in [3.05, 3.63) is 35.4 Å². The van der Waals surface area contributed by atoms with Crippen LogP contribution in [0, 0.1) is 6.92 Å². The fourth-order valence-electron chi connectivity index (χ4n) is 2.49. The van der Waals surface area contributed by atoms with Crippen LogP contribution in [0.2, 0.25) is 0 Å². The summed E-state index contributed by atoms with van der Waals surface area (Å²) in [6.45, 7) is 7.32. The maximum Gasteiger partial charge on any atom is 0.317 e. The molecule has 6 nitrogen and oxygen atoms in total. The molecule has 1 aliphatic rings. The molecule has 7 heteroatoms. The highest BCUT2D eigenvalue weighted by Gasteiger charge is 2.29. The van der Waals surface area contributed by atoms with Crippen LogP contribution < -0.4 is 5.32 Å². The Kier molecular flexibility index (Phi) is 5.64. The average molecular weight is 339 g/mol. The van der Waals surface area contributed by atoms with Gasteiger partial charge in [0.25, 0.3) is 0 Å². The number of carbonyl (C=O) groups excluding carboxylic acids is 1. The largest absolute Gasteiger partial charge is 0.336 e. The zero-order chi connectivity index (χ0) is 17.0. The second-order valence-electron chi connectivity index (χ2n) is 6.23. The Morgan fingerprint density at radius 3 is 2.22 bits per heavy atom. The molecule has 2 rings (SSSR count). The second kappa shape index (κ2) is 7.31. The quantitative estimate of drug-likeness (QED) is 0.905. The molecule has 0 bridgehead atoms. The molecule has 1 heterocycles. The minimum absolute atomic E-state index is 0.00543. The molecule has 0 spiro atoms. The highest BCUT2D eigenvalue weighted by molar-refractivity contribution is 7.88. The van der Waals surface area contributed by atoms with Gasteiger partial charge in [-0.05, 0) is 26.3 Å². The molecule has 1 N–H and O–H groups in total. The van der Waals surface area contributed by atoms with Gasteiger partial charge in [-0.3, -0.25) is 0 Å². The van der Waals surface area contributed by atoms with E-state index in [1.54, 1.807) is 4.90 Å². The average Bonchev–Trinajstić information content (AvgIpc) is 2.49. The number of amides is 2. The number of benzene rings is 1. The molecule has 23 heavy (non-hydrogen) atoms. The van der Waals surface area contributed by atoms with E-state index in [1.807, 2.05) is 45.0 Å². The Morgan fingerprint density at radius 2 is 1.70 bits per heavy atom. The summed E-state index contributed by atoms with van der Waals surface area (Å²) in [5, 5.41) is 2.83. The number of aryl methyl sites for hydroxylation is 1. The van der Waals surface area contributed by atoms with Crippen molar-refractivity contribution in [2.75, 3.05) is 26.2 Å². The Balaban J connectivity index is 1.93. The minimum atomic E-state index is -3.35. The normalized spacial score (nSPS) is 16.6. The monoisotopic (exact) mass is 339 g/mol. The first-order valence-corrected chi connectivity index (χ1v) is 9.47. The number of nitrogens with zero attached hydrogens (tertiary/aromatic N) is 2. The summed E-state index contributed by atoms with van der Waals surface area (Å²) in [5.41, 5.74) is 1.89. The van der Waals surface area contributed by atoms with E-state index >= 15 is 0 Å². The first kappa shape index (κ1) is 17.7. The van der Waals surface area contributed by atoms with Gasteiger partial charge in [-0.15, -0.1) is 0 Å². The van der Waals surface area contributed by atoms with Crippen LogP contribution in [0.3, 0.4) is 0 Å². The number of carbonyl (C=O) groups is 1.